The number of nitrogens with one attached hydrogen (secondary N) is 2. The van der Waals surface area contributed by atoms with Crippen LogP contribution in [0.2, 0.25) is 0 Å². The number of aromatic nitrogens is 5. The van der Waals surface area contributed by atoms with Gasteiger partial charge in [-0.05, 0) is 25.8 Å². The second-order valence-electron chi connectivity index (χ2n) is 6.38. The minimum absolute atomic E-state index is 0.00105. The summed E-state index contributed by atoms with van der Waals surface area (Å²) in [6, 6.07) is 3.18. The summed E-state index contributed by atoms with van der Waals surface area (Å²) in [4.78, 5) is 39.0. The zero-order chi connectivity index (χ0) is 18.1. The zero-order valence-electron chi connectivity index (χ0n) is 14.3. The Morgan fingerprint density at radius 3 is 2.92 bits per heavy atom. The largest absolute Gasteiger partial charge is 0.347 e. The Morgan fingerprint density at radius 2 is 2.12 bits per heavy atom. The Labute approximate surface area is 149 Å². The summed E-state index contributed by atoms with van der Waals surface area (Å²) in [7, 11) is 0. The maximum Gasteiger partial charge on any atom is 0.266 e. The van der Waals surface area contributed by atoms with Crippen molar-refractivity contribution in [2.24, 2.45) is 0 Å². The van der Waals surface area contributed by atoms with Gasteiger partial charge < -0.3 is 10.2 Å². The highest BCUT2D eigenvalue weighted by atomic mass is 16.2. The number of carbonyl (C=O) groups is 1. The molecule has 1 aliphatic heterocycles. The number of carbonyl (C=O) groups excluding carboxylic acids is 1. The lowest BCUT2D eigenvalue weighted by atomic mass is 10.1. The molecule has 3 aromatic heterocycles. The summed E-state index contributed by atoms with van der Waals surface area (Å²) in [6.07, 6.45) is 6.78. The molecule has 0 aromatic carbocycles. The summed E-state index contributed by atoms with van der Waals surface area (Å²) in [5, 5.41) is 5.71. The van der Waals surface area contributed by atoms with E-state index in [1.165, 1.54) is 16.8 Å². The normalized spacial score (nSPS) is 17.4. The SMILES string of the molecule is Cc1c(C(=O)NC2CCCN(c3ncccn3)C2)cnc2cc(=O)[nH]n12. The predicted octanol–water partition coefficient (Wildman–Crippen LogP) is 0.520. The van der Waals surface area contributed by atoms with Gasteiger partial charge in [-0.2, -0.15) is 0 Å². The van der Waals surface area contributed by atoms with Crippen LogP contribution in [0.15, 0.2) is 35.5 Å². The maximum atomic E-state index is 12.7. The fourth-order valence-electron chi connectivity index (χ4n) is 3.29. The molecule has 1 fully saturated rings. The molecule has 1 saturated heterocycles. The molecule has 0 bridgehead atoms. The van der Waals surface area contributed by atoms with E-state index in [-0.39, 0.29) is 17.5 Å². The van der Waals surface area contributed by atoms with Gasteiger partial charge in [0.05, 0.1) is 11.3 Å². The highest BCUT2D eigenvalue weighted by Gasteiger charge is 2.24. The molecule has 2 N–H and O–H groups in total. The standard InChI is InChI=1S/C17H19N7O2/c1-11-13(9-20-14-8-15(25)22-24(11)14)16(26)21-12-4-2-7-23(10-12)17-18-5-3-6-19-17/h3,5-6,8-9,12H,2,4,7,10H2,1H3,(H,21,26)(H,22,25). The van der Waals surface area contributed by atoms with E-state index in [4.69, 9.17) is 0 Å². The van der Waals surface area contributed by atoms with E-state index in [9.17, 15) is 9.59 Å². The van der Waals surface area contributed by atoms with E-state index >= 15 is 0 Å². The van der Waals surface area contributed by atoms with Crippen molar-refractivity contribution in [1.82, 2.24) is 29.9 Å². The number of aromatic amines is 1. The first-order valence-corrected chi connectivity index (χ1v) is 8.52. The molecule has 3 aromatic rings. The van der Waals surface area contributed by atoms with Gasteiger partial charge >= 0.3 is 0 Å². The Bertz CT molecular complexity index is 995. The van der Waals surface area contributed by atoms with Gasteiger partial charge in [0, 0.05) is 43.8 Å². The molecular weight excluding hydrogens is 334 g/mol. The fourth-order valence-corrected chi connectivity index (χ4v) is 3.29. The molecule has 1 atom stereocenters. The lowest BCUT2D eigenvalue weighted by molar-refractivity contribution is 0.0931. The Balaban J connectivity index is 1.51. The number of hydrogen-bond donors (Lipinski definition) is 2. The highest BCUT2D eigenvalue weighted by Crippen LogP contribution is 2.16. The predicted molar refractivity (Wildman–Crippen MR) is 95.3 cm³/mol. The first kappa shape index (κ1) is 16.2. The van der Waals surface area contributed by atoms with Crippen molar-refractivity contribution in [1.29, 1.82) is 0 Å². The summed E-state index contributed by atoms with van der Waals surface area (Å²) < 4.78 is 1.53. The van der Waals surface area contributed by atoms with Gasteiger partial charge in [0.1, 0.15) is 0 Å². The molecule has 0 saturated carbocycles. The van der Waals surface area contributed by atoms with E-state index in [2.05, 4.69) is 30.3 Å². The molecule has 1 aliphatic rings. The van der Waals surface area contributed by atoms with E-state index in [1.54, 1.807) is 25.4 Å². The van der Waals surface area contributed by atoms with Crippen LogP contribution >= 0.6 is 0 Å². The highest BCUT2D eigenvalue weighted by molar-refractivity contribution is 5.95. The molecular formula is C17H19N7O2. The lowest BCUT2D eigenvalue weighted by Crippen LogP contribution is -2.48. The van der Waals surface area contributed by atoms with Crippen LogP contribution in [-0.4, -0.2) is 49.6 Å². The van der Waals surface area contributed by atoms with Crippen LogP contribution in [0.25, 0.3) is 5.65 Å². The van der Waals surface area contributed by atoms with Gasteiger partial charge in [-0.15, -0.1) is 0 Å². The van der Waals surface area contributed by atoms with E-state index in [1.807, 2.05) is 0 Å². The monoisotopic (exact) mass is 353 g/mol. The summed E-state index contributed by atoms with van der Waals surface area (Å²) >= 11 is 0. The second-order valence-corrected chi connectivity index (χ2v) is 6.38. The number of aryl methyl sites for hydroxylation is 1. The molecule has 134 valence electrons. The average Bonchev–Trinajstić information content (AvgIpc) is 3.04. The van der Waals surface area contributed by atoms with E-state index < -0.39 is 0 Å². The van der Waals surface area contributed by atoms with Crippen LogP contribution in [0.1, 0.15) is 28.9 Å². The third-order valence-corrected chi connectivity index (χ3v) is 4.60. The zero-order valence-corrected chi connectivity index (χ0v) is 14.3. The average molecular weight is 353 g/mol. The molecule has 0 aliphatic carbocycles. The molecule has 4 heterocycles. The van der Waals surface area contributed by atoms with Crippen LogP contribution in [0.5, 0.6) is 0 Å². The fraction of sp³-hybridized carbons (Fsp3) is 0.353. The van der Waals surface area contributed by atoms with Gasteiger partial charge in [-0.3, -0.25) is 14.7 Å². The molecule has 9 heteroatoms. The van der Waals surface area contributed by atoms with Crippen LogP contribution in [0.4, 0.5) is 5.95 Å². The number of nitrogens with zero attached hydrogens (tertiary/aromatic N) is 5. The first-order chi connectivity index (χ1) is 12.6. The quantitative estimate of drug-likeness (QED) is 0.711. The topological polar surface area (TPSA) is 108 Å². The lowest BCUT2D eigenvalue weighted by Gasteiger charge is -2.33. The van der Waals surface area contributed by atoms with Gasteiger partial charge in [0.15, 0.2) is 5.65 Å². The van der Waals surface area contributed by atoms with Crippen molar-refractivity contribution in [3.8, 4) is 0 Å². The van der Waals surface area contributed by atoms with E-state index in [0.29, 0.717) is 29.4 Å². The minimum atomic E-state index is -0.246. The van der Waals surface area contributed by atoms with Crippen LogP contribution in [0.3, 0.4) is 0 Å². The Kier molecular flexibility index (Phi) is 4.11. The number of amides is 1. The van der Waals surface area contributed by atoms with Crippen LogP contribution in [0, 0.1) is 6.92 Å². The molecule has 0 spiro atoms. The van der Waals surface area contributed by atoms with Crippen molar-refractivity contribution in [2.75, 3.05) is 18.0 Å². The number of hydrogen-bond acceptors (Lipinski definition) is 6. The minimum Gasteiger partial charge on any atom is -0.347 e. The summed E-state index contributed by atoms with van der Waals surface area (Å²) in [5.74, 6) is 0.475. The molecule has 9 nitrogen and oxygen atoms in total. The van der Waals surface area contributed by atoms with Crippen molar-refractivity contribution in [3.05, 3.63) is 52.3 Å². The molecule has 4 rings (SSSR count). The van der Waals surface area contributed by atoms with E-state index in [0.717, 1.165) is 19.4 Å². The smallest absolute Gasteiger partial charge is 0.266 e. The summed E-state index contributed by atoms with van der Waals surface area (Å²) in [6.45, 7) is 3.31. The molecule has 1 unspecified atom stereocenters. The number of fused-ring (bicyclic) bond motifs is 1. The van der Waals surface area contributed by atoms with Crippen molar-refractivity contribution in [3.63, 3.8) is 0 Å². The number of rotatable bonds is 3. The summed E-state index contributed by atoms with van der Waals surface area (Å²) in [5.41, 5.74) is 1.34. The molecule has 0 radical (unpaired) electrons. The van der Waals surface area contributed by atoms with Crippen molar-refractivity contribution >= 4 is 17.5 Å². The second kappa shape index (κ2) is 6.58. The molecule has 1 amide bonds. The number of anilines is 1. The van der Waals surface area contributed by atoms with Crippen molar-refractivity contribution in [2.45, 2.75) is 25.8 Å². The van der Waals surface area contributed by atoms with Gasteiger partial charge in [0.25, 0.3) is 11.5 Å². The Hall–Kier alpha value is -3.23. The van der Waals surface area contributed by atoms with Gasteiger partial charge in [0.2, 0.25) is 5.95 Å². The number of H-pyrrole nitrogens is 1. The van der Waals surface area contributed by atoms with Gasteiger partial charge in [-0.1, -0.05) is 0 Å². The Morgan fingerprint density at radius 1 is 1.31 bits per heavy atom. The first-order valence-electron chi connectivity index (χ1n) is 8.52. The number of piperidine rings is 1. The molecule has 26 heavy (non-hydrogen) atoms. The third-order valence-electron chi connectivity index (χ3n) is 4.60. The third kappa shape index (κ3) is 3.03. The van der Waals surface area contributed by atoms with Crippen LogP contribution < -0.4 is 15.8 Å². The van der Waals surface area contributed by atoms with Crippen molar-refractivity contribution < 1.29 is 4.79 Å². The van der Waals surface area contributed by atoms with Crippen LogP contribution in [-0.2, 0) is 0 Å². The van der Waals surface area contributed by atoms with Gasteiger partial charge in [-0.25, -0.2) is 19.5 Å². The maximum absolute atomic E-state index is 12.7.